The van der Waals surface area contributed by atoms with Crippen LogP contribution in [-0.2, 0) is 4.79 Å². The molecule has 3 heteroatoms. The van der Waals surface area contributed by atoms with E-state index in [-0.39, 0.29) is 0 Å². The molecule has 3 nitrogen and oxygen atoms in total. The number of carbonyl (C=O) groups is 1. The molecular formula is C10H19NO2. The lowest BCUT2D eigenvalue weighted by Crippen LogP contribution is -2.65. The summed E-state index contributed by atoms with van der Waals surface area (Å²) in [6.07, 6.45) is 2.06. The van der Waals surface area contributed by atoms with Crippen molar-refractivity contribution in [3.63, 3.8) is 0 Å². The number of quaternary nitrogens is 1. The molecule has 0 saturated carbocycles. The van der Waals surface area contributed by atoms with Crippen molar-refractivity contribution < 1.29 is 14.4 Å². The van der Waals surface area contributed by atoms with E-state index >= 15 is 0 Å². The van der Waals surface area contributed by atoms with Gasteiger partial charge in [0.1, 0.15) is 11.5 Å². The van der Waals surface area contributed by atoms with Crippen LogP contribution in [0.15, 0.2) is 12.7 Å². The van der Waals surface area contributed by atoms with E-state index in [1.54, 1.807) is 13.0 Å². The zero-order valence-electron chi connectivity index (χ0n) is 8.96. The molecule has 1 atom stereocenters. The summed E-state index contributed by atoms with van der Waals surface area (Å²) in [7, 11) is 3.78. The van der Waals surface area contributed by atoms with E-state index in [9.17, 15) is 9.90 Å². The van der Waals surface area contributed by atoms with E-state index in [2.05, 4.69) is 6.58 Å². The molecule has 0 spiro atoms. The van der Waals surface area contributed by atoms with Crippen LogP contribution in [0.4, 0.5) is 0 Å². The molecule has 0 aromatic carbocycles. The van der Waals surface area contributed by atoms with Crippen LogP contribution in [0, 0.1) is 0 Å². The number of nitrogens with zero attached hydrogens (tertiary/aromatic N) is 1. The first-order chi connectivity index (χ1) is 5.81. The van der Waals surface area contributed by atoms with Crippen LogP contribution in [0.2, 0.25) is 0 Å². The SMILES string of the molecule is C=CCC(C)(C(=O)[O-])[N+](C)(C)CC. The van der Waals surface area contributed by atoms with Gasteiger partial charge in [-0.3, -0.25) is 0 Å². The summed E-state index contributed by atoms with van der Waals surface area (Å²) >= 11 is 0. The van der Waals surface area contributed by atoms with E-state index in [0.717, 1.165) is 6.54 Å². The number of carboxylic acid groups (broad SMARTS) is 1. The molecule has 13 heavy (non-hydrogen) atoms. The van der Waals surface area contributed by atoms with Crippen LogP contribution in [0.5, 0.6) is 0 Å². The van der Waals surface area contributed by atoms with E-state index in [1.807, 2.05) is 21.0 Å². The first-order valence-electron chi connectivity index (χ1n) is 4.47. The maximum Gasteiger partial charge on any atom is 0.139 e. The summed E-state index contributed by atoms with van der Waals surface area (Å²) in [6, 6.07) is 0. The van der Waals surface area contributed by atoms with E-state index < -0.39 is 11.5 Å². The zero-order chi connectivity index (χ0) is 10.7. The molecular weight excluding hydrogens is 166 g/mol. The summed E-state index contributed by atoms with van der Waals surface area (Å²) in [4.78, 5) is 11.0. The van der Waals surface area contributed by atoms with Gasteiger partial charge in [0.25, 0.3) is 0 Å². The summed E-state index contributed by atoms with van der Waals surface area (Å²) in [6.45, 7) is 7.99. The maximum absolute atomic E-state index is 11.0. The predicted molar refractivity (Wildman–Crippen MR) is 50.9 cm³/mol. The van der Waals surface area contributed by atoms with Gasteiger partial charge >= 0.3 is 0 Å². The van der Waals surface area contributed by atoms with Crippen LogP contribution in [0.25, 0.3) is 0 Å². The van der Waals surface area contributed by atoms with Crippen LogP contribution in [0.1, 0.15) is 20.3 Å². The second-order valence-electron chi connectivity index (χ2n) is 4.06. The quantitative estimate of drug-likeness (QED) is 0.452. The molecule has 0 fully saturated rings. The van der Waals surface area contributed by atoms with Crippen molar-refractivity contribution in [2.24, 2.45) is 0 Å². The number of rotatable bonds is 5. The van der Waals surface area contributed by atoms with Gasteiger partial charge in [0.2, 0.25) is 0 Å². The molecule has 0 amide bonds. The highest BCUT2D eigenvalue weighted by Crippen LogP contribution is 2.24. The summed E-state index contributed by atoms with van der Waals surface area (Å²) in [5, 5.41) is 11.0. The largest absolute Gasteiger partial charge is 0.544 e. The van der Waals surface area contributed by atoms with E-state index in [4.69, 9.17) is 0 Å². The topological polar surface area (TPSA) is 40.1 Å². The standard InChI is InChI=1S/C10H19NO2/c1-6-8-10(3,9(12)13)11(4,5)7-2/h6H,1,7-8H2,2-5H3. The third-order valence-electron chi connectivity index (χ3n) is 3.11. The van der Waals surface area contributed by atoms with Crippen molar-refractivity contribution in [3.8, 4) is 0 Å². The van der Waals surface area contributed by atoms with Crippen molar-refractivity contribution in [1.29, 1.82) is 0 Å². The lowest BCUT2D eigenvalue weighted by molar-refractivity contribution is -0.930. The monoisotopic (exact) mass is 185 g/mol. The molecule has 0 aliphatic heterocycles. The fourth-order valence-electron chi connectivity index (χ4n) is 1.21. The molecule has 0 aliphatic rings. The predicted octanol–water partition coefficient (Wildman–Crippen LogP) is 0.167. The molecule has 0 bridgehead atoms. The number of carbonyl (C=O) groups excluding carboxylic acids is 1. The van der Waals surface area contributed by atoms with Crippen molar-refractivity contribution in [3.05, 3.63) is 12.7 Å². The Morgan fingerprint density at radius 2 is 2.08 bits per heavy atom. The van der Waals surface area contributed by atoms with Crippen LogP contribution >= 0.6 is 0 Å². The second-order valence-corrected chi connectivity index (χ2v) is 4.06. The third kappa shape index (κ3) is 2.10. The summed E-state index contributed by atoms with van der Waals surface area (Å²) < 4.78 is 0.404. The fraction of sp³-hybridized carbons (Fsp3) is 0.700. The van der Waals surface area contributed by atoms with Crippen LogP contribution in [0.3, 0.4) is 0 Å². The molecule has 0 aliphatic carbocycles. The van der Waals surface area contributed by atoms with Gasteiger partial charge < -0.3 is 14.4 Å². The minimum Gasteiger partial charge on any atom is -0.544 e. The van der Waals surface area contributed by atoms with Gasteiger partial charge in [-0.15, -0.1) is 6.58 Å². The first kappa shape index (κ1) is 12.2. The average molecular weight is 185 g/mol. The Morgan fingerprint density at radius 1 is 1.62 bits per heavy atom. The van der Waals surface area contributed by atoms with Crippen molar-refractivity contribution >= 4 is 5.97 Å². The van der Waals surface area contributed by atoms with Crippen molar-refractivity contribution in [1.82, 2.24) is 0 Å². The van der Waals surface area contributed by atoms with E-state index in [0.29, 0.717) is 10.9 Å². The van der Waals surface area contributed by atoms with Crippen molar-refractivity contribution in [2.45, 2.75) is 25.8 Å². The Morgan fingerprint density at radius 3 is 2.31 bits per heavy atom. The minimum absolute atomic E-state index is 0.404. The average Bonchev–Trinajstić information content (AvgIpc) is 2.04. The van der Waals surface area contributed by atoms with Crippen LogP contribution in [-0.4, -0.2) is 36.6 Å². The Kier molecular flexibility index (Phi) is 3.67. The highest BCUT2D eigenvalue weighted by molar-refractivity contribution is 5.74. The third-order valence-corrected chi connectivity index (χ3v) is 3.11. The molecule has 0 heterocycles. The minimum atomic E-state index is -1.01. The molecule has 0 aromatic rings. The molecule has 0 rings (SSSR count). The van der Waals surface area contributed by atoms with Crippen molar-refractivity contribution in [2.75, 3.05) is 20.6 Å². The number of likely N-dealkylation sites (N-methyl/N-ethyl adjacent to an activating group) is 1. The molecule has 76 valence electrons. The van der Waals surface area contributed by atoms with Gasteiger partial charge in [0.05, 0.1) is 20.6 Å². The molecule has 0 saturated heterocycles. The Hall–Kier alpha value is -0.830. The number of carboxylic acids is 1. The molecule has 1 unspecified atom stereocenters. The number of hydrogen-bond acceptors (Lipinski definition) is 2. The van der Waals surface area contributed by atoms with Gasteiger partial charge in [-0.05, 0) is 13.8 Å². The maximum atomic E-state index is 11.0. The number of aliphatic carboxylic acids is 1. The fourth-order valence-corrected chi connectivity index (χ4v) is 1.21. The highest BCUT2D eigenvalue weighted by atomic mass is 16.4. The normalized spacial score (nSPS) is 16.3. The molecule has 0 radical (unpaired) electrons. The van der Waals surface area contributed by atoms with E-state index in [1.165, 1.54) is 0 Å². The summed E-state index contributed by atoms with van der Waals surface area (Å²) in [5.74, 6) is -1.01. The van der Waals surface area contributed by atoms with Gasteiger partial charge in [-0.2, -0.15) is 0 Å². The first-order valence-corrected chi connectivity index (χ1v) is 4.47. The molecule has 0 N–H and O–H groups in total. The lowest BCUT2D eigenvalue weighted by atomic mass is 9.93. The zero-order valence-corrected chi connectivity index (χ0v) is 8.96. The smallest absolute Gasteiger partial charge is 0.139 e. The second kappa shape index (κ2) is 3.92. The van der Waals surface area contributed by atoms with Gasteiger partial charge in [0, 0.05) is 6.42 Å². The highest BCUT2D eigenvalue weighted by Gasteiger charge is 2.40. The molecule has 0 aromatic heterocycles. The Balaban J connectivity index is 4.99. The van der Waals surface area contributed by atoms with Gasteiger partial charge in [0.15, 0.2) is 0 Å². The summed E-state index contributed by atoms with van der Waals surface area (Å²) in [5.41, 5.74) is -0.878. The lowest BCUT2D eigenvalue weighted by Gasteiger charge is -2.46. The van der Waals surface area contributed by atoms with Gasteiger partial charge in [-0.25, -0.2) is 0 Å². The number of hydrogen-bond donors (Lipinski definition) is 0. The van der Waals surface area contributed by atoms with Crippen LogP contribution < -0.4 is 5.11 Å². The Bertz CT molecular complexity index is 211. The Labute approximate surface area is 80.3 Å². The van der Waals surface area contributed by atoms with Gasteiger partial charge in [-0.1, -0.05) is 6.08 Å².